The highest BCUT2D eigenvalue weighted by Gasteiger charge is 2.54. The molecular formula is C71H47B2N5S. The van der Waals surface area contributed by atoms with Gasteiger partial charge >= 0.3 is 0 Å². The zero-order valence-electron chi connectivity index (χ0n) is 43.2. The Morgan fingerprint density at radius 3 is 1.27 bits per heavy atom. The molecule has 0 N–H and O–H groups in total. The Morgan fingerprint density at radius 2 is 0.722 bits per heavy atom. The molecule has 17 rings (SSSR count). The SMILES string of the molecule is Cc1cc2c3c(c1)N1c4ccccc4N4c5cc(N(c6ccccc6)c6ccccc6)cc6c5B(c5ccc(-c7ccccc7)cc5N6c5ccccc5)c5sc(c1c54)B3c1cc(-c3ccccc3)ccc1N2c1ccccc1. The van der Waals surface area contributed by atoms with Crippen LogP contribution in [0.25, 0.3) is 22.3 Å². The maximum atomic E-state index is 2.66. The molecule has 11 aromatic carbocycles. The van der Waals surface area contributed by atoms with Gasteiger partial charge in [-0.3, -0.25) is 0 Å². The molecule has 0 saturated heterocycles. The van der Waals surface area contributed by atoms with E-state index in [0.29, 0.717) is 0 Å². The molecule has 5 nitrogen and oxygen atoms in total. The smallest absolute Gasteiger partial charge is 0.264 e. The van der Waals surface area contributed by atoms with E-state index < -0.39 is 0 Å². The molecule has 5 aliphatic heterocycles. The van der Waals surface area contributed by atoms with E-state index in [1.807, 2.05) is 11.3 Å². The van der Waals surface area contributed by atoms with Gasteiger partial charge in [-0.15, -0.1) is 0 Å². The van der Waals surface area contributed by atoms with Crippen molar-refractivity contribution in [3.05, 3.63) is 272 Å². The third-order valence-electron chi connectivity index (χ3n) is 16.9. The van der Waals surface area contributed by atoms with E-state index in [1.54, 1.807) is 0 Å². The van der Waals surface area contributed by atoms with Crippen LogP contribution in [-0.4, -0.2) is 13.4 Å². The summed E-state index contributed by atoms with van der Waals surface area (Å²) in [4.78, 5) is 12.8. The molecule has 0 spiro atoms. The molecule has 79 heavy (non-hydrogen) atoms. The number of rotatable bonds is 7. The van der Waals surface area contributed by atoms with Crippen molar-refractivity contribution in [2.24, 2.45) is 0 Å². The largest absolute Gasteiger partial charge is 0.311 e. The highest BCUT2D eigenvalue weighted by atomic mass is 32.1. The highest BCUT2D eigenvalue weighted by molar-refractivity contribution is 7.39. The van der Waals surface area contributed by atoms with E-state index in [0.717, 1.165) is 34.1 Å². The van der Waals surface area contributed by atoms with Crippen molar-refractivity contribution in [2.45, 2.75) is 6.92 Å². The summed E-state index contributed by atoms with van der Waals surface area (Å²) in [7, 11) is 0. The summed E-state index contributed by atoms with van der Waals surface area (Å²) < 4.78 is 2.74. The van der Waals surface area contributed by atoms with Gasteiger partial charge in [-0.05, 0) is 154 Å². The Morgan fingerprint density at radius 1 is 0.304 bits per heavy atom. The van der Waals surface area contributed by atoms with Crippen molar-refractivity contribution in [1.82, 2.24) is 0 Å². The minimum absolute atomic E-state index is 0.0488. The van der Waals surface area contributed by atoms with E-state index >= 15 is 0 Å². The van der Waals surface area contributed by atoms with Crippen molar-refractivity contribution < 1.29 is 0 Å². The van der Waals surface area contributed by atoms with Crippen molar-refractivity contribution in [2.75, 3.05) is 24.5 Å². The monoisotopic (exact) mass is 1020 g/mol. The molecule has 0 aliphatic carbocycles. The van der Waals surface area contributed by atoms with Crippen molar-refractivity contribution in [3.63, 3.8) is 0 Å². The highest BCUT2D eigenvalue weighted by Crippen LogP contribution is 2.59. The molecule has 8 heteroatoms. The van der Waals surface area contributed by atoms with Crippen LogP contribution in [0.5, 0.6) is 0 Å². The van der Waals surface area contributed by atoms with Crippen molar-refractivity contribution >= 4 is 141 Å². The van der Waals surface area contributed by atoms with Crippen LogP contribution in [0.2, 0.25) is 0 Å². The standard InChI is InChI=1S/C71H47B2N5S/c1-46-40-62-66-63(41-46)77-59-34-20-21-35-60(59)78-65-45-55(74(51-26-12-4-13-27-51)52-28-14-5-15-29-52)44-64-67(65)72(56-38-36-50(48-24-10-3-11-25-48)43-61(56)76(64)54-32-18-7-19-33-54)70-68(78)69(77)71(79-70)73(66)57-42-49(47-22-8-2-9-23-47)37-39-58(57)75(62)53-30-16-6-17-31-53/h2-45H,1H3. The van der Waals surface area contributed by atoms with Crippen LogP contribution < -0.4 is 55.9 Å². The van der Waals surface area contributed by atoms with Crippen LogP contribution in [0.3, 0.4) is 0 Å². The predicted octanol–water partition coefficient (Wildman–Crippen LogP) is 15.3. The van der Waals surface area contributed by atoms with Gasteiger partial charge in [-0.25, -0.2) is 0 Å². The molecule has 12 aromatic rings. The van der Waals surface area contributed by atoms with E-state index in [-0.39, 0.29) is 13.4 Å². The van der Waals surface area contributed by atoms with Crippen molar-refractivity contribution in [3.8, 4) is 22.3 Å². The van der Waals surface area contributed by atoms with Crippen LogP contribution >= 0.6 is 11.3 Å². The lowest BCUT2D eigenvalue weighted by Gasteiger charge is -2.49. The fourth-order valence-corrected chi connectivity index (χ4v) is 15.2. The second-order valence-electron chi connectivity index (χ2n) is 21.3. The number of thiophene rings is 1. The van der Waals surface area contributed by atoms with Gasteiger partial charge in [0.15, 0.2) is 0 Å². The topological polar surface area (TPSA) is 16.2 Å². The summed E-state index contributed by atoms with van der Waals surface area (Å²) in [6.45, 7) is 2.14. The van der Waals surface area contributed by atoms with E-state index in [1.165, 1.54) is 110 Å². The molecular weight excluding hydrogens is 977 g/mol. The average Bonchev–Trinajstić information content (AvgIpc) is 4.13. The molecule has 0 unspecified atom stereocenters. The van der Waals surface area contributed by atoms with Gasteiger partial charge in [0.1, 0.15) is 0 Å². The number of fused-ring (bicyclic) bond motifs is 11. The molecule has 0 atom stereocenters. The first-order chi connectivity index (χ1) is 39.1. The fraction of sp³-hybridized carbons (Fsp3) is 0.0141. The lowest BCUT2D eigenvalue weighted by molar-refractivity contribution is 1.17. The Hall–Kier alpha value is -9.75. The minimum Gasteiger partial charge on any atom is -0.311 e. The van der Waals surface area contributed by atoms with Gasteiger partial charge in [-0.2, -0.15) is 11.3 Å². The van der Waals surface area contributed by atoms with Crippen molar-refractivity contribution in [1.29, 1.82) is 0 Å². The second kappa shape index (κ2) is 17.1. The fourth-order valence-electron chi connectivity index (χ4n) is 13.7. The summed E-state index contributed by atoms with van der Waals surface area (Å²) >= 11 is 2.03. The number of hydrogen-bond donors (Lipinski definition) is 0. The van der Waals surface area contributed by atoms with Gasteiger partial charge in [0, 0.05) is 66.4 Å². The number of aryl methyl sites for hydroxylation is 1. The number of hydrogen-bond acceptors (Lipinski definition) is 6. The third-order valence-corrected chi connectivity index (χ3v) is 18.2. The van der Waals surface area contributed by atoms with Crippen LogP contribution in [0.4, 0.5) is 85.3 Å². The maximum Gasteiger partial charge on any atom is 0.264 e. The Bertz CT molecular complexity index is 4380. The van der Waals surface area contributed by atoms with Crippen LogP contribution in [0.1, 0.15) is 5.56 Å². The van der Waals surface area contributed by atoms with Gasteiger partial charge < -0.3 is 24.5 Å². The lowest BCUT2D eigenvalue weighted by Crippen LogP contribution is -2.61. The quantitative estimate of drug-likeness (QED) is 0.147. The van der Waals surface area contributed by atoms with Gasteiger partial charge in [0.25, 0.3) is 13.4 Å². The first-order valence-corrected chi connectivity index (χ1v) is 28.1. The normalized spacial score (nSPS) is 13.5. The number of anilines is 15. The van der Waals surface area contributed by atoms with E-state index in [9.17, 15) is 0 Å². The molecule has 0 fully saturated rings. The molecule has 368 valence electrons. The zero-order chi connectivity index (χ0) is 51.9. The van der Waals surface area contributed by atoms with Crippen LogP contribution in [0, 0.1) is 6.92 Å². The van der Waals surface area contributed by atoms with Crippen LogP contribution in [0.15, 0.2) is 267 Å². The summed E-state index contributed by atoms with van der Waals surface area (Å²) in [6.07, 6.45) is 0. The Kier molecular flexibility index (Phi) is 9.62. The first kappa shape index (κ1) is 44.4. The second-order valence-corrected chi connectivity index (χ2v) is 22.4. The maximum absolute atomic E-state index is 2.66. The van der Waals surface area contributed by atoms with E-state index in [2.05, 4.69) is 298 Å². The molecule has 5 aliphatic rings. The summed E-state index contributed by atoms with van der Waals surface area (Å²) in [5.41, 5.74) is 29.0. The van der Waals surface area contributed by atoms with Crippen LogP contribution in [-0.2, 0) is 0 Å². The molecule has 0 radical (unpaired) electrons. The minimum atomic E-state index is -0.0847. The molecule has 6 heterocycles. The predicted molar refractivity (Wildman–Crippen MR) is 336 cm³/mol. The lowest BCUT2D eigenvalue weighted by atomic mass is 9.35. The Labute approximate surface area is 464 Å². The molecule has 1 aromatic heterocycles. The Balaban J connectivity index is 1.00. The summed E-state index contributed by atoms with van der Waals surface area (Å²) in [5, 5.41) is 0. The third kappa shape index (κ3) is 6.47. The van der Waals surface area contributed by atoms with Gasteiger partial charge in [-0.1, -0.05) is 170 Å². The molecule has 0 bridgehead atoms. The van der Waals surface area contributed by atoms with E-state index in [4.69, 9.17) is 0 Å². The summed E-state index contributed by atoms with van der Waals surface area (Å²) in [5.74, 6) is 0. The first-order valence-electron chi connectivity index (χ1n) is 27.3. The number of nitrogens with zero attached hydrogens (tertiary/aromatic N) is 5. The number of para-hydroxylation sites is 6. The van der Waals surface area contributed by atoms with Gasteiger partial charge in [0.05, 0.1) is 28.4 Å². The summed E-state index contributed by atoms with van der Waals surface area (Å²) in [6, 6.07) is 99.1. The molecule has 0 amide bonds. The average molecular weight is 1020 g/mol. The molecule has 0 saturated carbocycles. The van der Waals surface area contributed by atoms with Gasteiger partial charge in [0.2, 0.25) is 0 Å². The number of benzene rings is 11. The zero-order valence-corrected chi connectivity index (χ0v) is 44.0.